The molecule has 2 heterocycles. The molecule has 0 bridgehead atoms. The van der Waals surface area contributed by atoms with Crippen LogP contribution in [0, 0.1) is 0 Å². The second-order valence-electron chi connectivity index (χ2n) is 7.12. The molecule has 0 aliphatic carbocycles. The lowest BCUT2D eigenvalue weighted by Crippen LogP contribution is -2.56. The number of hydrogen-bond acceptors (Lipinski definition) is 4. The van der Waals surface area contributed by atoms with Gasteiger partial charge in [0.25, 0.3) is 0 Å². The Kier molecular flexibility index (Phi) is 5.19. The van der Waals surface area contributed by atoms with Gasteiger partial charge in [-0.2, -0.15) is 5.06 Å². The number of rotatable bonds is 3. The van der Waals surface area contributed by atoms with Crippen LogP contribution in [0.3, 0.4) is 0 Å². The highest BCUT2D eigenvalue weighted by atomic mass is 35.5. The minimum Gasteiger partial charge on any atom is -0.302 e. The van der Waals surface area contributed by atoms with Gasteiger partial charge in [-0.1, -0.05) is 47.5 Å². The van der Waals surface area contributed by atoms with Crippen LogP contribution in [0.5, 0.6) is 0 Å². The van der Waals surface area contributed by atoms with Gasteiger partial charge in [0.1, 0.15) is 11.5 Å². The number of Topliss-reactive ketones (excluding diaryl/α,β-unsaturated/α-hetero) is 1. The lowest BCUT2D eigenvalue weighted by molar-refractivity contribution is -0.155. The predicted octanol–water partition coefficient (Wildman–Crippen LogP) is 4.09. The molecule has 1 amide bonds. The first-order valence-electron chi connectivity index (χ1n) is 9.15. The third-order valence-electron chi connectivity index (χ3n) is 5.71. The SMILES string of the molecule is CON1CCC2(CC1)C(=O)C(c1ccc(Cl)cc1Cl)C(=O)N2c1ccccc1. The van der Waals surface area contributed by atoms with E-state index >= 15 is 0 Å². The van der Waals surface area contributed by atoms with Crippen LogP contribution >= 0.6 is 23.2 Å². The Labute approximate surface area is 173 Å². The van der Waals surface area contributed by atoms with Crippen LogP contribution in [-0.2, 0) is 14.4 Å². The summed E-state index contributed by atoms with van der Waals surface area (Å²) in [5.41, 5.74) is 0.327. The monoisotopic (exact) mass is 418 g/mol. The van der Waals surface area contributed by atoms with Crippen LogP contribution in [-0.4, -0.2) is 42.5 Å². The fourth-order valence-electron chi connectivity index (χ4n) is 4.30. The summed E-state index contributed by atoms with van der Waals surface area (Å²) in [5.74, 6) is -1.29. The summed E-state index contributed by atoms with van der Waals surface area (Å²) < 4.78 is 0. The Morgan fingerprint density at radius 1 is 1.04 bits per heavy atom. The highest BCUT2D eigenvalue weighted by Gasteiger charge is 2.60. The van der Waals surface area contributed by atoms with E-state index in [2.05, 4.69) is 0 Å². The Bertz CT molecular complexity index is 911. The fraction of sp³-hybridized carbons (Fsp3) is 0.333. The van der Waals surface area contributed by atoms with Gasteiger partial charge in [0, 0.05) is 28.8 Å². The number of halogens is 2. The van der Waals surface area contributed by atoms with Crippen molar-refractivity contribution in [2.24, 2.45) is 0 Å². The molecule has 28 heavy (non-hydrogen) atoms. The second-order valence-corrected chi connectivity index (χ2v) is 7.96. The Morgan fingerprint density at radius 3 is 2.32 bits per heavy atom. The average molecular weight is 419 g/mol. The highest BCUT2D eigenvalue weighted by molar-refractivity contribution is 6.36. The van der Waals surface area contributed by atoms with Crippen LogP contribution in [0.4, 0.5) is 5.69 Å². The molecular weight excluding hydrogens is 399 g/mol. The van der Waals surface area contributed by atoms with E-state index in [-0.39, 0.29) is 11.7 Å². The zero-order valence-electron chi connectivity index (χ0n) is 15.4. The molecule has 1 unspecified atom stereocenters. The maximum atomic E-state index is 13.7. The molecule has 2 fully saturated rings. The number of amides is 1. The minimum atomic E-state index is -0.931. The van der Waals surface area contributed by atoms with Gasteiger partial charge in [-0.15, -0.1) is 0 Å². The number of nitrogens with zero attached hydrogens (tertiary/aromatic N) is 2. The van der Waals surface area contributed by atoms with Gasteiger partial charge in [0.05, 0.1) is 7.11 Å². The summed E-state index contributed by atoms with van der Waals surface area (Å²) in [4.78, 5) is 34.2. The van der Waals surface area contributed by atoms with Crippen LogP contribution in [0.2, 0.25) is 10.0 Å². The molecule has 2 aromatic rings. The fourth-order valence-corrected chi connectivity index (χ4v) is 4.82. The Balaban J connectivity index is 1.81. The molecule has 2 aliphatic heterocycles. The number of piperidine rings is 1. The van der Waals surface area contributed by atoms with Crippen LogP contribution < -0.4 is 4.90 Å². The van der Waals surface area contributed by atoms with Gasteiger partial charge < -0.3 is 4.84 Å². The predicted molar refractivity (Wildman–Crippen MR) is 109 cm³/mol. The molecule has 1 atom stereocenters. The molecule has 0 radical (unpaired) electrons. The van der Waals surface area contributed by atoms with E-state index < -0.39 is 11.5 Å². The lowest BCUT2D eigenvalue weighted by Gasteiger charge is -2.42. The van der Waals surface area contributed by atoms with Crippen molar-refractivity contribution in [2.45, 2.75) is 24.3 Å². The summed E-state index contributed by atoms with van der Waals surface area (Å²) in [6.07, 6.45) is 1.00. The van der Waals surface area contributed by atoms with Crippen LogP contribution in [0.25, 0.3) is 0 Å². The van der Waals surface area contributed by atoms with Crippen LogP contribution in [0.15, 0.2) is 48.5 Å². The first-order valence-corrected chi connectivity index (χ1v) is 9.91. The number of benzene rings is 2. The number of hydroxylamine groups is 2. The topological polar surface area (TPSA) is 49.9 Å². The molecule has 4 rings (SSSR count). The number of carbonyl (C=O) groups excluding carboxylic acids is 2. The third-order valence-corrected chi connectivity index (χ3v) is 6.27. The van der Waals surface area contributed by atoms with Crippen molar-refractivity contribution in [1.29, 1.82) is 0 Å². The second kappa shape index (κ2) is 7.48. The summed E-state index contributed by atoms with van der Waals surface area (Å²) in [6, 6.07) is 14.3. The number of anilines is 1. The molecule has 146 valence electrons. The van der Waals surface area contributed by atoms with Crippen molar-refractivity contribution in [3.63, 3.8) is 0 Å². The van der Waals surface area contributed by atoms with E-state index in [4.69, 9.17) is 28.0 Å². The summed E-state index contributed by atoms with van der Waals surface area (Å²) >= 11 is 12.4. The molecule has 7 heteroatoms. The number of para-hydroxylation sites is 1. The van der Waals surface area contributed by atoms with E-state index in [1.54, 1.807) is 30.2 Å². The summed E-state index contributed by atoms with van der Waals surface area (Å²) in [7, 11) is 1.62. The molecule has 0 saturated carbocycles. The maximum absolute atomic E-state index is 13.7. The van der Waals surface area contributed by atoms with Crippen LogP contribution in [0.1, 0.15) is 24.3 Å². The number of carbonyl (C=O) groups is 2. The highest BCUT2D eigenvalue weighted by Crippen LogP contribution is 2.46. The zero-order chi connectivity index (χ0) is 19.9. The molecule has 5 nitrogen and oxygen atoms in total. The first-order chi connectivity index (χ1) is 13.5. The van der Waals surface area contributed by atoms with Crippen molar-refractivity contribution >= 4 is 40.6 Å². The largest absolute Gasteiger partial charge is 0.302 e. The number of hydrogen-bond donors (Lipinski definition) is 0. The van der Waals surface area contributed by atoms with Crippen molar-refractivity contribution in [2.75, 3.05) is 25.1 Å². The van der Waals surface area contributed by atoms with Crippen molar-refractivity contribution in [3.8, 4) is 0 Å². The lowest BCUT2D eigenvalue weighted by atomic mass is 9.80. The van der Waals surface area contributed by atoms with Gasteiger partial charge in [-0.3, -0.25) is 14.5 Å². The molecular formula is C21H20Cl2N2O3. The average Bonchev–Trinajstić information content (AvgIpc) is 2.90. The van der Waals surface area contributed by atoms with E-state index in [0.29, 0.717) is 41.5 Å². The summed E-state index contributed by atoms with van der Waals surface area (Å²) in [5, 5.41) is 2.61. The van der Waals surface area contributed by atoms with Gasteiger partial charge in [0.2, 0.25) is 5.91 Å². The van der Waals surface area contributed by atoms with Crippen molar-refractivity contribution in [3.05, 3.63) is 64.1 Å². The summed E-state index contributed by atoms with van der Waals surface area (Å²) in [6.45, 7) is 1.14. The molecule has 1 spiro atoms. The quantitative estimate of drug-likeness (QED) is 0.704. The Morgan fingerprint density at radius 2 is 1.71 bits per heavy atom. The molecule has 2 aromatic carbocycles. The number of ketones is 1. The molecule has 0 N–H and O–H groups in total. The van der Waals surface area contributed by atoms with Gasteiger partial charge in [-0.05, 0) is 42.7 Å². The van der Waals surface area contributed by atoms with E-state index in [0.717, 1.165) is 5.69 Å². The smallest absolute Gasteiger partial charge is 0.243 e. The third kappa shape index (κ3) is 3.03. The zero-order valence-corrected chi connectivity index (χ0v) is 16.9. The van der Waals surface area contributed by atoms with Gasteiger partial charge in [0.15, 0.2) is 5.78 Å². The van der Waals surface area contributed by atoms with E-state index in [1.165, 1.54) is 0 Å². The molecule has 2 saturated heterocycles. The van der Waals surface area contributed by atoms with E-state index in [1.807, 2.05) is 35.4 Å². The minimum absolute atomic E-state index is 0.110. The maximum Gasteiger partial charge on any atom is 0.243 e. The molecule has 2 aliphatic rings. The standard InChI is InChI=1S/C21H20Cl2N2O3/c1-28-24-11-9-21(10-12-24)19(26)18(16-8-7-14(22)13-17(16)23)20(27)25(21)15-5-3-2-4-6-15/h2-8,13,18H,9-12H2,1H3. The van der Waals surface area contributed by atoms with Crippen molar-refractivity contribution in [1.82, 2.24) is 5.06 Å². The van der Waals surface area contributed by atoms with Gasteiger partial charge >= 0.3 is 0 Å². The normalized spacial score (nSPS) is 22.2. The molecule has 0 aromatic heterocycles. The first kappa shape index (κ1) is 19.4. The van der Waals surface area contributed by atoms with E-state index in [9.17, 15) is 9.59 Å². The van der Waals surface area contributed by atoms with Gasteiger partial charge in [-0.25, -0.2) is 0 Å². The Hall–Kier alpha value is -1.92. The van der Waals surface area contributed by atoms with Crippen molar-refractivity contribution < 1.29 is 14.4 Å².